The highest BCUT2D eigenvalue weighted by atomic mass is 127. The topological polar surface area (TPSA) is 87.8 Å². The number of alkyl halides is 2. The number of anilines is 1. The molecule has 136 valence electrons. The maximum absolute atomic E-state index is 12.5. The third-order valence-electron chi connectivity index (χ3n) is 3.72. The fourth-order valence-corrected chi connectivity index (χ4v) is 3.34. The molecular weight excluding hydrogens is 453 g/mol. The van der Waals surface area contributed by atoms with Gasteiger partial charge >= 0.3 is 5.76 Å². The zero-order valence-corrected chi connectivity index (χ0v) is 16.1. The molecule has 1 aliphatic rings. The van der Waals surface area contributed by atoms with Crippen molar-refractivity contribution in [2.75, 3.05) is 25.0 Å². The Kier molecular flexibility index (Phi) is 8.30. The molecule has 0 bridgehead atoms. The number of nitrogens with one attached hydrogen (secondary N) is 1. The number of guanidine groups is 1. The van der Waals surface area contributed by atoms with Crippen molar-refractivity contribution in [2.45, 2.75) is 18.6 Å². The zero-order chi connectivity index (χ0) is 16.9. The number of nitrogens with two attached hydrogens (primary N) is 1. The summed E-state index contributed by atoms with van der Waals surface area (Å²) < 4.78 is 48.6. The Bertz CT molecular complexity index is 635. The van der Waals surface area contributed by atoms with Crippen LogP contribution in [-0.4, -0.2) is 44.1 Å². The molecule has 1 fully saturated rings. The summed E-state index contributed by atoms with van der Waals surface area (Å²) in [6, 6.07) is 9.34. The van der Waals surface area contributed by atoms with E-state index in [4.69, 9.17) is 5.73 Å². The van der Waals surface area contributed by atoms with Gasteiger partial charge < -0.3 is 11.1 Å². The molecule has 0 radical (unpaired) electrons. The maximum Gasteiger partial charge on any atom is 0.350 e. The number of halogens is 3. The van der Waals surface area contributed by atoms with Crippen LogP contribution in [0.4, 0.5) is 14.5 Å². The van der Waals surface area contributed by atoms with Gasteiger partial charge in [0.25, 0.3) is 10.0 Å². The van der Waals surface area contributed by atoms with E-state index >= 15 is 0 Å². The number of hydrogen-bond donors (Lipinski definition) is 2. The molecule has 1 aromatic rings. The van der Waals surface area contributed by atoms with Crippen molar-refractivity contribution in [2.24, 2.45) is 16.6 Å². The number of aliphatic imine (C=N–C) groups is 1. The standard InChI is InChI=1S/C14H20F2N4O2S.HI/c15-13(16)23(21,22)20-8-6-11(7-9-20)10-18-14(17)19-12-4-2-1-3-5-12;/h1-5,11,13H,6-10H2,(H3,17,18,19);1H. The van der Waals surface area contributed by atoms with Crippen molar-refractivity contribution in [1.82, 2.24) is 4.31 Å². The Morgan fingerprint density at radius 2 is 1.88 bits per heavy atom. The van der Waals surface area contributed by atoms with E-state index in [0.717, 1.165) is 9.99 Å². The van der Waals surface area contributed by atoms with Crippen LogP contribution in [0.25, 0.3) is 0 Å². The van der Waals surface area contributed by atoms with Crippen LogP contribution in [0, 0.1) is 5.92 Å². The van der Waals surface area contributed by atoms with E-state index in [1.807, 2.05) is 30.3 Å². The highest BCUT2D eigenvalue weighted by Crippen LogP contribution is 2.22. The Hall–Kier alpha value is -1.01. The summed E-state index contributed by atoms with van der Waals surface area (Å²) in [6.07, 6.45) is 0.988. The second-order valence-electron chi connectivity index (χ2n) is 5.36. The van der Waals surface area contributed by atoms with Gasteiger partial charge in [0.05, 0.1) is 0 Å². The Morgan fingerprint density at radius 1 is 1.29 bits per heavy atom. The van der Waals surface area contributed by atoms with E-state index in [1.54, 1.807) is 0 Å². The molecule has 0 aliphatic carbocycles. The van der Waals surface area contributed by atoms with Gasteiger partial charge in [-0.15, -0.1) is 24.0 Å². The van der Waals surface area contributed by atoms with Gasteiger partial charge in [0.15, 0.2) is 5.96 Å². The van der Waals surface area contributed by atoms with Crippen molar-refractivity contribution in [3.63, 3.8) is 0 Å². The summed E-state index contributed by atoms with van der Waals surface area (Å²) in [5, 5.41) is 2.95. The van der Waals surface area contributed by atoms with Crippen molar-refractivity contribution < 1.29 is 17.2 Å². The highest BCUT2D eigenvalue weighted by molar-refractivity contribution is 14.0. The van der Waals surface area contributed by atoms with Crippen LogP contribution in [0.3, 0.4) is 0 Å². The minimum absolute atomic E-state index is 0. The van der Waals surface area contributed by atoms with Gasteiger partial charge in [0.1, 0.15) is 0 Å². The molecule has 1 saturated heterocycles. The normalized spacial score (nSPS) is 17.5. The number of rotatable bonds is 5. The smallest absolute Gasteiger partial charge is 0.350 e. The first kappa shape index (κ1) is 21.0. The van der Waals surface area contributed by atoms with Crippen molar-refractivity contribution in [3.05, 3.63) is 30.3 Å². The Balaban J connectivity index is 0.00000288. The van der Waals surface area contributed by atoms with Crippen LogP contribution < -0.4 is 11.1 Å². The lowest BCUT2D eigenvalue weighted by Crippen LogP contribution is -2.41. The summed E-state index contributed by atoms with van der Waals surface area (Å²) in [4.78, 5) is 4.23. The molecule has 1 aliphatic heterocycles. The predicted molar refractivity (Wildman–Crippen MR) is 101 cm³/mol. The average molecular weight is 474 g/mol. The fourth-order valence-electron chi connectivity index (χ4n) is 2.40. The quantitative estimate of drug-likeness (QED) is 0.390. The van der Waals surface area contributed by atoms with Crippen LogP contribution in [0.5, 0.6) is 0 Å². The Labute approximate surface area is 157 Å². The number of hydrogen-bond acceptors (Lipinski definition) is 3. The van der Waals surface area contributed by atoms with Gasteiger partial charge in [-0.05, 0) is 30.9 Å². The van der Waals surface area contributed by atoms with Crippen LogP contribution >= 0.6 is 24.0 Å². The number of sulfonamides is 1. The van der Waals surface area contributed by atoms with E-state index < -0.39 is 15.8 Å². The average Bonchev–Trinajstić information content (AvgIpc) is 2.54. The summed E-state index contributed by atoms with van der Waals surface area (Å²) in [7, 11) is -4.47. The van der Waals surface area contributed by atoms with Gasteiger partial charge in [-0.1, -0.05) is 18.2 Å². The number of nitrogens with zero attached hydrogens (tertiary/aromatic N) is 2. The first-order valence-electron chi connectivity index (χ1n) is 7.28. The summed E-state index contributed by atoms with van der Waals surface area (Å²) >= 11 is 0. The summed E-state index contributed by atoms with van der Waals surface area (Å²) in [5.41, 5.74) is 6.62. The van der Waals surface area contributed by atoms with Gasteiger partial charge in [0, 0.05) is 25.3 Å². The highest BCUT2D eigenvalue weighted by Gasteiger charge is 2.34. The van der Waals surface area contributed by atoms with E-state index in [0.29, 0.717) is 19.4 Å². The zero-order valence-electron chi connectivity index (χ0n) is 12.9. The van der Waals surface area contributed by atoms with E-state index in [2.05, 4.69) is 10.3 Å². The number of para-hydroxylation sites is 1. The molecule has 2 rings (SSSR count). The molecule has 24 heavy (non-hydrogen) atoms. The molecular formula is C14H21F2IN4O2S. The van der Waals surface area contributed by atoms with E-state index in [9.17, 15) is 17.2 Å². The van der Waals surface area contributed by atoms with Crippen molar-refractivity contribution in [1.29, 1.82) is 0 Å². The molecule has 0 saturated carbocycles. The van der Waals surface area contributed by atoms with Crippen molar-refractivity contribution >= 4 is 45.6 Å². The lowest BCUT2D eigenvalue weighted by atomic mass is 9.98. The van der Waals surface area contributed by atoms with Gasteiger partial charge in [-0.2, -0.15) is 13.1 Å². The summed E-state index contributed by atoms with van der Waals surface area (Å²) in [6.45, 7) is 0.631. The van der Waals surface area contributed by atoms with E-state index in [-0.39, 0.29) is 48.9 Å². The lowest BCUT2D eigenvalue weighted by Gasteiger charge is -2.30. The first-order valence-corrected chi connectivity index (χ1v) is 8.79. The SMILES string of the molecule is I.NC(=NCC1CCN(S(=O)(=O)C(F)F)CC1)Nc1ccccc1. The molecule has 0 spiro atoms. The number of benzene rings is 1. The number of piperidine rings is 1. The second-order valence-corrected chi connectivity index (χ2v) is 7.27. The molecule has 0 unspecified atom stereocenters. The monoisotopic (exact) mass is 474 g/mol. The molecule has 3 N–H and O–H groups in total. The van der Waals surface area contributed by atoms with Crippen LogP contribution in [0.2, 0.25) is 0 Å². The molecule has 10 heteroatoms. The van der Waals surface area contributed by atoms with Crippen LogP contribution in [0.1, 0.15) is 12.8 Å². The van der Waals surface area contributed by atoms with Crippen molar-refractivity contribution in [3.8, 4) is 0 Å². The molecule has 0 amide bonds. The third-order valence-corrected chi connectivity index (χ3v) is 5.26. The first-order chi connectivity index (χ1) is 10.9. The second kappa shape index (κ2) is 9.47. The lowest BCUT2D eigenvalue weighted by molar-refractivity contribution is 0.205. The maximum atomic E-state index is 12.5. The van der Waals surface area contributed by atoms with E-state index in [1.165, 1.54) is 0 Å². The van der Waals surface area contributed by atoms with Crippen LogP contribution in [0.15, 0.2) is 35.3 Å². The largest absolute Gasteiger partial charge is 0.370 e. The van der Waals surface area contributed by atoms with Gasteiger partial charge in [-0.3, -0.25) is 4.99 Å². The molecule has 6 nitrogen and oxygen atoms in total. The molecule has 0 aromatic heterocycles. The minimum Gasteiger partial charge on any atom is -0.370 e. The molecule has 1 heterocycles. The van der Waals surface area contributed by atoms with Crippen LogP contribution in [-0.2, 0) is 10.0 Å². The summed E-state index contributed by atoms with van der Waals surface area (Å²) in [5.74, 6) is -2.95. The minimum atomic E-state index is -4.47. The Morgan fingerprint density at radius 3 is 2.42 bits per heavy atom. The van der Waals surface area contributed by atoms with Gasteiger partial charge in [0.2, 0.25) is 0 Å². The third kappa shape index (κ3) is 5.81. The molecule has 0 atom stereocenters. The van der Waals surface area contributed by atoms with Gasteiger partial charge in [-0.25, -0.2) is 8.42 Å². The fraction of sp³-hybridized carbons (Fsp3) is 0.500. The predicted octanol–water partition coefficient (Wildman–Crippen LogP) is 2.30. The molecule has 1 aromatic carbocycles.